The number of amides is 1. The molecule has 6 heteroatoms. The van der Waals surface area contributed by atoms with Crippen molar-refractivity contribution in [2.45, 2.75) is 26.4 Å². The number of hydrogen-bond acceptors (Lipinski definition) is 4. The smallest absolute Gasteiger partial charge is 0.322 e. The van der Waals surface area contributed by atoms with E-state index in [4.69, 9.17) is 5.11 Å². The summed E-state index contributed by atoms with van der Waals surface area (Å²) in [5.41, 5.74) is 3.17. The molecular weight excluding hydrogens is 272 g/mol. The zero-order valence-corrected chi connectivity index (χ0v) is 12.3. The van der Waals surface area contributed by atoms with Gasteiger partial charge in [0.25, 0.3) is 0 Å². The van der Waals surface area contributed by atoms with Crippen LogP contribution in [-0.2, 0) is 9.59 Å². The number of rotatable bonds is 8. The highest BCUT2D eigenvalue weighted by Crippen LogP contribution is 2.19. The first-order valence-corrected chi connectivity index (χ1v) is 6.84. The number of benzene rings is 1. The lowest BCUT2D eigenvalue weighted by Crippen LogP contribution is -2.37. The van der Waals surface area contributed by atoms with Crippen LogP contribution in [0.2, 0.25) is 0 Å². The van der Waals surface area contributed by atoms with E-state index in [2.05, 4.69) is 10.6 Å². The van der Waals surface area contributed by atoms with Crippen LogP contribution in [0.5, 0.6) is 0 Å². The highest BCUT2D eigenvalue weighted by Gasteiger charge is 2.09. The molecule has 21 heavy (non-hydrogen) atoms. The van der Waals surface area contributed by atoms with E-state index < -0.39 is 12.1 Å². The third kappa shape index (κ3) is 6.37. The Morgan fingerprint density at radius 3 is 2.52 bits per heavy atom. The van der Waals surface area contributed by atoms with Crippen molar-refractivity contribution in [3.8, 4) is 0 Å². The summed E-state index contributed by atoms with van der Waals surface area (Å²) < 4.78 is 0. The van der Waals surface area contributed by atoms with E-state index in [9.17, 15) is 14.7 Å². The molecule has 4 N–H and O–H groups in total. The van der Waals surface area contributed by atoms with Gasteiger partial charge in [0.15, 0.2) is 0 Å². The van der Waals surface area contributed by atoms with Crippen molar-refractivity contribution < 1.29 is 19.8 Å². The van der Waals surface area contributed by atoms with Crippen molar-refractivity contribution in [1.82, 2.24) is 10.6 Å². The second kappa shape index (κ2) is 8.39. The molecule has 0 aromatic heterocycles. The van der Waals surface area contributed by atoms with Gasteiger partial charge in [-0.3, -0.25) is 9.59 Å². The van der Waals surface area contributed by atoms with E-state index in [0.717, 1.165) is 11.1 Å². The molecule has 0 bridgehead atoms. The summed E-state index contributed by atoms with van der Waals surface area (Å²) in [5, 5.41) is 23.6. The van der Waals surface area contributed by atoms with Gasteiger partial charge in [-0.1, -0.05) is 18.2 Å². The lowest BCUT2D eigenvalue weighted by atomic mass is 10.0. The van der Waals surface area contributed by atoms with Crippen molar-refractivity contribution in [2.75, 3.05) is 19.6 Å². The molecule has 116 valence electrons. The largest absolute Gasteiger partial charge is 0.480 e. The van der Waals surface area contributed by atoms with E-state index in [1.54, 1.807) is 0 Å². The van der Waals surface area contributed by atoms with Crippen LogP contribution in [-0.4, -0.2) is 41.7 Å². The average Bonchev–Trinajstić information content (AvgIpc) is 2.44. The van der Waals surface area contributed by atoms with Crippen molar-refractivity contribution >= 4 is 11.9 Å². The van der Waals surface area contributed by atoms with Gasteiger partial charge in [-0.15, -0.1) is 0 Å². The van der Waals surface area contributed by atoms with Gasteiger partial charge in [0.2, 0.25) is 5.91 Å². The van der Waals surface area contributed by atoms with Crippen LogP contribution < -0.4 is 10.6 Å². The Hall–Kier alpha value is -1.92. The number of hydrogen-bond donors (Lipinski definition) is 4. The number of aliphatic hydroxyl groups is 1. The second-order valence-electron chi connectivity index (χ2n) is 5.00. The number of aryl methyl sites for hydroxylation is 2. The molecule has 0 saturated heterocycles. The summed E-state index contributed by atoms with van der Waals surface area (Å²) in [6, 6.07) is 5.83. The molecule has 0 aliphatic heterocycles. The van der Waals surface area contributed by atoms with Crippen molar-refractivity contribution in [1.29, 1.82) is 0 Å². The third-order valence-corrected chi connectivity index (χ3v) is 3.23. The Bertz CT molecular complexity index is 502. The molecule has 1 unspecified atom stereocenters. The first kappa shape index (κ1) is 17.1. The van der Waals surface area contributed by atoms with Gasteiger partial charge in [0, 0.05) is 0 Å². The maximum Gasteiger partial charge on any atom is 0.322 e. The van der Waals surface area contributed by atoms with Gasteiger partial charge in [-0.05, 0) is 43.5 Å². The lowest BCUT2D eigenvalue weighted by Gasteiger charge is -2.13. The molecule has 0 heterocycles. The normalized spacial score (nSPS) is 12.0. The highest BCUT2D eigenvalue weighted by atomic mass is 16.4. The Kier molecular flexibility index (Phi) is 6.84. The third-order valence-electron chi connectivity index (χ3n) is 3.23. The maximum absolute atomic E-state index is 11.2. The molecule has 0 fully saturated rings. The Labute approximate surface area is 124 Å². The highest BCUT2D eigenvalue weighted by molar-refractivity contribution is 5.82. The maximum atomic E-state index is 11.2. The predicted octanol–water partition coefficient (Wildman–Crippen LogP) is 0.517. The van der Waals surface area contributed by atoms with Crippen LogP contribution in [0.1, 0.15) is 29.2 Å². The number of carbonyl (C=O) groups is 2. The van der Waals surface area contributed by atoms with Crippen molar-refractivity contribution in [3.63, 3.8) is 0 Å². The molecule has 1 aromatic rings. The summed E-state index contributed by atoms with van der Waals surface area (Å²) in [6.07, 6.45) is -0.104. The van der Waals surface area contributed by atoms with Crippen LogP contribution in [0.15, 0.2) is 18.2 Å². The van der Waals surface area contributed by atoms with E-state index in [1.165, 1.54) is 5.56 Å². The Morgan fingerprint density at radius 2 is 1.90 bits per heavy atom. The predicted molar refractivity (Wildman–Crippen MR) is 79.0 cm³/mol. The monoisotopic (exact) mass is 294 g/mol. The summed E-state index contributed by atoms with van der Waals surface area (Å²) >= 11 is 0. The fourth-order valence-electron chi connectivity index (χ4n) is 1.82. The van der Waals surface area contributed by atoms with Crippen LogP contribution >= 0.6 is 0 Å². The molecule has 0 saturated carbocycles. The van der Waals surface area contributed by atoms with Crippen LogP contribution in [0.4, 0.5) is 0 Å². The summed E-state index contributed by atoms with van der Waals surface area (Å²) in [4.78, 5) is 21.5. The molecule has 0 radical (unpaired) electrons. The number of carbonyl (C=O) groups excluding carboxylic acids is 1. The minimum Gasteiger partial charge on any atom is -0.480 e. The first-order chi connectivity index (χ1) is 9.90. The summed E-state index contributed by atoms with van der Waals surface area (Å²) in [5.74, 6) is -1.45. The summed E-state index contributed by atoms with van der Waals surface area (Å²) in [6.45, 7) is 4.13. The molecular formula is C15H22N2O4. The van der Waals surface area contributed by atoms with Crippen LogP contribution in [0.25, 0.3) is 0 Å². The van der Waals surface area contributed by atoms with Gasteiger partial charge in [-0.2, -0.15) is 0 Å². The molecule has 1 amide bonds. The number of aliphatic hydroxyl groups excluding tert-OH is 1. The van der Waals surface area contributed by atoms with Crippen molar-refractivity contribution in [3.05, 3.63) is 34.9 Å². The molecule has 6 nitrogen and oxygen atoms in total. The average molecular weight is 294 g/mol. The number of aliphatic carboxylic acids is 1. The van der Waals surface area contributed by atoms with Gasteiger partial charge < -0.3 is 20.8 Å². The van der Waals surface area contributed by atoms with Gasteiger partial charge in [0.05, 0.1) is 12.6 Å². The minimum atomic E-state index is -1.08. The quantitative estimate of drug-likeness (QED) is 0.524. The fraction of sp³-hybridized carbons (Fsp3) is 0.467. The molecule has 0 spiro atoms. The zero-order chi connectivity index (χ0) is 15.8. The topological polar surface area (TPSA) is 98.7 Å². The molecule has 0 aliphatic carbocycles. The van der Waals surface area contributed by atoms with Crippen LogP contribution in [0, 0.1) is 13.8 Å². The SMILES string of the molecule is Cc1ccc(C(O)CCNCC(=O)NCC(=O)O)cc1C. The molecule has 0 aliphatic rings. The second-order valence-corrected chi connectivity index (χ2v) is 5.00. The molecule has 1 atom stereocenters. The molecule has 1 aromatic carbocycles. The van der Waals surface area contributed by atoms with E-state index >= 15 is 0 Å². The van der Waals surface area contributed by atoms with Gasteiger partial charge in [0.1, 0.15) is 6.54 Å². The Balaban J connectivity index is 2.27. The van der Waals surface area contributed by atoms with Crippen molar-refractivity contribution in [2.24, 2.45) is 0 Å². The van der Waals surface area contributed by atoms with Gasteiger partial charge in [-0.25, -0.2) is 0 Å². The van der Waals surface area contributed by atoms with E-state index in [-0.39, 0.29) is 19.0 Å². The Morgan fingerprint density at radius 1 is 1.19 bits per heavy atom. The number of carboxylic acids is 1. The number of nitrogens with one attached hydrogen (secondary N) is 2. The van der Waals surface area contributed by atoms with Gasteiger partial charge >= 0.3 is 5.97 Å². The molecule has 1 rings (SSSR count). The first-order valence-electron chi connectivity index (χ1n) is 6.84. The zero-order valence-electron chi connectivity index (χ0n) is 12.3. The lowest BCUT2D eigenvalue weighted by molar-refractivity contribution is -0.137. The minimum absolute atomic E-state index is 0.0346. The van der Waals surface area contributed by atoms with E-state index in [1.807, 2.05) is 32.0 Å². The van der Waals surface area contributed by atoms with E-state index in [0.29, 0.717) is 13.0 Å². The summed E-state index contributed by atoms with van der Waals surface area (Å²) in [7, 11) is 0. The number of carboxylic acid groups (broad SMARTS) is 1. The van der Waals surface area contributed by atoms with Crippen LogP contribution in [0.3, 0.4) is 0 Å². The fourth-order valence-corrected chi connectivity index (χ4v) is 1.82. The standard InChI is InChI=1S/C15H22N2O4/c1-10-3-4-12(7-11(10)2)13(18)5-6-16-8-14(19)17-9-15(20)21/h3-4,7,13,16,18H,5-6,8-9H2,1-2H3,(H,17,19)(H,20,21).